The fourth-order valence-corrected chi connectivity index (χ4v) is 3.45. The predicted molar refractivity (Wildman–Crippen MR) is 99.3 cm³/mol. The molecule has 0 bridgehead atoms. The van der Waals surface area contributed by atoms with Gasteiger partial charge in [-0.15, -0.1) is 0 Å². The van der Waals surface area contributed by atoms with Crippen LogP contribution in [0, 0.1) is 0 Å². The van der Waals surface area contributed by atoms with Crippen molar-refractivity contribution in [3.8, 4) is 0 Å². The van der Waals surface area contributed by atoms with Gasteiger partial charge in [-0.05, 0) is 41.5 Å². The van der Waals surface area contributed by atoms with Gasteiger partial charge in [-0.3, -0.25) is 4.79 Å². The molecule has 0 aromatic heterocycles. The van der Waals surface area contributed by atoms with Crippen LogP contribution in [0.25, 0.3) is 0 Å². The summed E-state index contributed by atoms with van der Waals surface area (Å²) < 4.78 is 0. The molecule has 3 rings (SSSR count). The Labute approximate surface area is 144 Å². The third kappa shape index (κ3) is 3.45. The molecular formula is C21H26N2O. The highest BCUT2D eigenvalue weighted by atomic mass is 16.2. The van der Waals surface area contributed by atoms with Gasteiger partial charge in [0.05, 0.1) is 6.54 Å². The lowest BCUT2D eigenvalue weighted by Gasteiger charge is -2.29. The number of hydrogen-bond donors (Lipinski definition) is 1. The third-order valence-electron chi connectivity index (χ3n) is 4.90. The Balaban J connectivity index is 1.67. The maximum absolute atomic E-state index is 12.6. The Morgan fingerprint density at radius 2 is 1.67 bits per heavy atom. The van der Waals surface area contributed by atoms with Crippen molar-refractivity contribution in [3.63, 3.8) is 0 Å². The van der Waals surface area contributed by atoms with Crippen LogP contribution in [-0.2, 0) is 30.6 Å². The van der Waals surface area contributed by atoms with Gasteiger partial charge in [-0.1, -0.05) is 56.3 Å². The van der Waals surface area contributed by atoms with E-state index >= 15 is 0 Å². The van der Waals surface area contributed by atoms with Gasteiger partial charge in [0, 0.05) is 18.8 Å². The summed E-state index contributed by atoms with van der Waals surface area (Å²) in [6.45, 7) is 6.22. The van der Waals surface area contributed by atoms with Gasteiger partial charge in [-0.2, -0.15) is 0 Å². The minimum atomic E-state index is 0.178. The number of rotatable bonds is 5. The average molecular weight is 322 g/mol. The first kappa shape index (κ1) is 16.6. The molecule has 1 aliphatic rings. The number of carbonyl (C=O) groups is 1. The molecule has 0 spiro atoms. The summed E-state index contributed by atoms with van der Waals surface area (Å²) in [5, 5.41) is 3.41. The van der Waals surface area contributed by atoms with E-state index in [1.54, 1.807) is 0 Å². The summed E-state index contributed by atoms with van der Waals surface area (Å²) in [5.41, 5.74) is 6.37. The summed E-state index contributed by atoms with van der Waals surface area (Å²) >= 11 is 0. The van der Waals surface area contributed by atoms with E-state index in [4.69, 9.17) is 0 Å². The zero-order valence-electron chi connectivity index (χ0n) is 14.6. The summed E-state index contributed by atoms with van der Waals surface area (Å²) in [4.78, 5) is 14.6. The van der Waals surface area contributed by atoms with E-state index in [-0.39, 0.29) is 5.91 Å². The third-order valence-corrected chi connectivity index (χ3v) is 4.90. The number of fused-ring (bicyclic) bond motifs is 1. The monoisotopic (exact) mass is 322 g/mol. The summed E-state index contributed by atoms with van der Waals surface area (Å²) in [5.74, 6) is 0.178. The maximum atomic E-state index is 12.6. The van der Waals surface area contributed by atoms with E-state index in [2.05, 4.69) is 61.6 Å². The van der Waals surface area contributed by atoms with Crippen LogP contribution in [-0.4, -0.2) is 23.9 Å². The van der Waals surface area contributed by atoms with Crippen LogP contribution in [0.4, 0.5) is 5.69 Å². The zero-order chi connectivity index (χ0) is 16.9. The van der Waals surface area contributed by atoms with Gasteiger partial charge < -0.3 is 10.2 Å². The first-order chi connectivity index (χ1) is 11.7. The minimum absolute atomic E-state index is 0.178. The van der Waals surface area contributed by atoms with Gasteiger partial charge in [-0.25, -0.2) is 0 Å². The average Bonchev–Trinajstić information content (AvgIpc) is 2.65. The van der Waals surface area contributed by atoms with Crippen molar-refractivity contribution in [2.75, 3.05) is 18.4 Å². The molecule has 2 aromatic rings. The number of nitrogens with zero attached hydrogens (tertiary/aromatic N) is 1. The van der Waals surface area contributed by atoms with E-state index in [9.17, 15) is 4.79 Å². The molecule has 0 fully saturated rings. The van der Waals surface area contributed by atoms with Gasteiger partial charge >= 0.3 is 0 Å². The first-order valence-corrected chi connectivity index (χ1v) is 8.92. The van der Waals surface area contributed by atoms with Crippen molar-refractivity contribution in [1.29, 1.82) is 0 Å². The molecule has 2 aromatic carbocycles. The van der Waals surface area contributed by atoms with Crippen molar-refractivity contribution >= 4 is 11.6 Å². The topological polar surface area (TPSA) is 32.3 Å². The van der Waals surface area contributed by atoms with E-state index in [0.29, 0.717) is 6.54 Å². The van der Waals surface area contributed by atoms with E-state index < -0.39 is 0 Å². The van der Waals surface area contributed by atoms with Crippen molar-refractivity contribution < 1.29 is 4.79 Å². The predicted octanol–water partition coefficient (Wildman–Crippen LogP) is 3.81. The number of hydrogen-bond acceptors (Lipinski definition) is 2. The number of benzene rings is 2. The molecule has 24 heavy (non-hydrogen) atoms. The number of nitrogens with one attached hydrogen (secondary N) is 1. The molecular weight excluding hydrogens is 296 g/mol. The number of amides is 1. The number of para-hydroxylation sites is 1. The molecule has 0 aliphatic carbocycles. The maximum Gasteiger partial charge on any atom is 0.242 e. The highest BCUT2D eigenvalue weighted by molar-refractivity contribution is 5.81. The second kappa shape index (κ2) is 7.52. The molecule has 0 radical (unpaired) electrons. The van der Waals surface area contributed by atoms with Crippen LogP contribution in [0.1, 0.15) is 36.1 Å². The van der Waals surface area contributed by atoms with Crippen LogP contribution in [0.5, 0.6) is 0 Å². The molecule has 3 nitrogen and oxygen atoms in total. The van der Waals surface area contributed by atoms with Crippen molar-refractivity contribution in [2.24, 2.45) is 0 Å². The van der Waals surface area contributed by atoms with Gasteiger partial charge in [0.15, 0.2) is 0 Å². The quantitative estimate of drug-likeness (QED) is 0.908. The smallest absolute Gasteiger partial charge is 0.242 e. The normalized spacial score (nSPS) is 13.5. The minimum Gasteiger partial charge on any atom is -0.376 e. The van der Waals surface area contributed by atoms with E-state index in [0.717, 1.165) is 38.0 Å². The summed E-state index contributed by atoms with van der Waals surface area (Å²) in [6.07, 6.45) is 2.90. The standard InChI is InChI=1S/C21H26N2O/c1-3-16-10-7-11-17(4-2)21(16)22-14-20(24)23-13-12-18-8-5-6-9-19(18)15-23/h5-11,22H,3-4,12-15H2,1-2H3. The largest absolute Gasteiger partial charge is 0.376 e. The van der Waals surface area contributed by atoms with Crippen molar-refractivity contribution in [1.82, 2.24) is 4.90 Å². The molecule has 0 unspecified atom stereocenters. The lowest BCUT2D eigenvalue weighted by Crippen LogP contribution is -2.39. The first-order valence-electron chi connectivity index (χ1n) is 8.92. The SMILES string of the molecule is CCc1cccc(CC)c1NCC(=O)N1CCc2ccccc2C1. The number of aryl methyl sites for hydroxylation is 2. The Kier molecular flexibility index (Phi) is 5.19. The highest BCUT2D eigenvalue weighted by Gasteiger charge is 2.20. The second-order valence-corrected chi connectivity index (χ2v) is 6.35. The summed E-state index contributed by atoms with van der Waals surface area (Å²) in [7, 11) is 0. The molecule has 1 amide bonds. The number of anilines is 1. The molecule has 1 N–H and O–H groups in total. The van der Waals surface area contributed by atoms with Crippen molar-refractivity contribution in [2.45, 2.75) is 39.7 Å². The summed E-state index contributed by atoms with van der Waals surface area (Å²) in [6, 6.07) is 14.8. The van der Waals surface area contributed by atoms with Crippen LogP contribution < -0.4 is 5.32 Å². The molecule has 1 heterocycles. The van der Waals surface area contributed by atoms with Crippen molar-refractivity contribution in [3.05, 3.63) is 64.7 Å². The molecule has 0 saturated heterocycles. The van der Waals surface area contributed by atoms with Gasteiger partial charge in [0.1, 0.15) is 0 Å². The van der Waals surface area contributed by atoms with Crippen LogP contribution >= 0.6 is 0 Å². The van der Waals surface area contributed by atoms with Crippen LogP contribution in [0.2, 0.25) is 0 Å². The van der Waals surface area contributed by atoms with E-state index in [1.165, 1.54) is 22.3 Å². The fraction of sp³-hybridized carbons (Fsp3) is 0.381. The van der Waals surface area contributed by atoms with Gasteiger partial charge in [0.25, 0.3) is 0 Å². The highest BCUT2D eigenvalue weighted by Crippen LogP contribution is 2.23. The lowest BCUT2D eigenvalue weighted by atomic mass is 10.00. The molecule has 126 valence electrons. The van der Waals surface area contributed by atoms with Gasteiger partial charge in [0.2, 0.25) is 5.91 Å². The molecule has 1 aliphatic heterocycles. The Bertz CT molecular complexity index is 701. The Hall–Kier alpha value is -2.29. The molecule has 0 saturated carbocycles. The molecule has 0 atom stereocenters. The van der Waals surface area contributed by atoms with Crippen LogP contribution in [0.15, 0.2) is 42.5 Å². The lowest BCUT2D eigenvalue weighted by molar-refractivity contribution is -0.130. The second-order valence-electron chi connectivity index (χ2n) is 6.35. The molecule has 3 heteroatoms. The Morgan fingerprint density at radius 3 is 2.33 bits per heavy atom. The fourth-order valence-electron chi connectivity index (χ4n) is 3.45. The zero-order valence-corrected chi connectivity index (χ0v) is 14.6. The van der Waals surface area contributed by atoms with E-state index in [1.807, 2.05) is 4.90 Å². The number of carbonyl (C=O) groups excluding carboxylic acids is 1. The van der Waals surface area contributed by atoms with Crippen LogP contribution in [0.3, 0.4) is 0 Å². The Morgan fingerprint density at radius 1 is 1.00 bits per heavy atom.